The number of methoxy groups -OCH3 is 1. The summed E-state index contributed by atoms with van der Waals surface area (Å²) in [6.07, 6.45) is 1.85. The van der Waals surface area contributed by atoms with Gasteiger partial charge in [0.15, 0.2) is 22.5 Å². The maximum atomic E-state index is 9.72. The number of thioether (sulfide) groups is 1. The van der Waals surface area contributed by atoms with E-state index in [0.29, 0.717) is 22.3 Å². The molecule has 3 N–H and O–H groups in total. The molecular weight excluding hydrogens is 252 g/mol. The predicted octanol–water partition coefficient (Wildman–Crippen LogP) is 1.56. The van der Waals surface area contributed by atoms with Crippen molar-refractivity contribution in [2.45, 2.75) is 5.16 Å². The molecule has 1 aromatic heterocycles. The van der Waals surface area contributed by atoms with Gasteiger partial charge in [0.1, 0.15) is 0 Å². The van der Waals surface area contributed by atoms with Crippen LogP contribution in [0, 0.1) is 0 Å². The molecule has 0 saturated heterocycles. The maximum Gasteiger partial charge on any atom is 0.224 e. The van der Waals surface area contributed by atoms with E-state index < -0.39 is 0 Å². The van der Waals surface area contributed by atoms with Crippen molar-refractivity contribution in [1.29, 1.82) is 0 Å². The molecule has 0 fully saturated rings. The third-order valence-electron chi connectivity index (χ3n) is 2.25. The van der Waals surface area contributed by atoms with Crippen LogP contribution in [0.4, 0.5) is 5.95 Å². The van der Waals surface area contributed by atoms with E-state index in [9.17, 15) is 5.11 Å². The third-order valence-corrected chi connectivity index (χ3v) is 2.80. The summed E-state index contributed by atoms with van der Waals surface area (Å²) in [5.74, 6) is 0.995. The van der Waals surface area contributed by atoms with Gasteiger partial charge in [-0.15, -0.1) is 0 Å². The molecule has 6 nitrogen and oxygen atoms in total. The van der Waals surface area contributed by atoms with Gasteiger partial charge >= 0.3 is 0 Å². The number of nitrogens with two attached hydrogens (primary N) is 1. The van der Waals surface area contributed by atoms with Crippen LogP contribution in [0.25, 0.3) is 11.4 Å². The minimum absolute atomic E-state index is 0.0275. The Morgan fingerprint density at radius 2 is 2.06 bits per heavy atom. The van der Waals surface area contributed by atoms with Gasteiger partial charge in [-0.2, -0.15) is 9.97 Å². The highest BCUT2D eigenvalue weighted by Crippen LogP contribution is 2.30. The number of ether oxygens (including phenoxy) is 1. The molecule has 0 aliphatic carbocycles. The number of hydrogen-bond donors (Lipinski definition) is 2. The normalized spacial score (nSPS) is 10.3. The summed E-state index contributed by atoms with van der Waals surface area (Å²) in [7, 11) is 1.49. The Hall–Kier alpha value is -2.02. The molecule has 2 rings (SSSR count). The number of phenols is 1. The number of rotatable bonds is 3. The monoisotopic (exact) mass is 264 g/mol. The molecule has 0 aliphatic heterocycles. The van der Waals surface area contributed by atoms with E-state index in [1.165, 1.54) is 24.9 Å². The molecule has 0 radical (unpaired) electrons. The van der Waals surface area contributed by atoms with E-state index in [1.807, 2.05) is 6.26 Å². The average molecular weight is 264 g/mol. The van der Waals surface area contributed by atoms with Crippen molar-refractivity contribution in [1.82, 2.24) is 15.0 Å². The van der Waals surface area contributed by atoms with Crippen molar-refractivity contribution in [3.63, 3.8) is 0 Å². The second-order valence-corrected chi connectivity index (χ2v) is 4.16. The Labute approximate surface area is 108 Å². The second kappa shape index (κ2) is 5.09. The summed E-state index contributed by atoms with van der Waals surface area (Å²) in [5, 5.41) is 10.3. The molecule has 2 aromatic rings. The van der Waals surface area contributed by atoms with Crippen LogP contribution >= 0.6 is 11.8 Å². The van der Waals surface area contributed by atoms with Crippen LogP contribution < -0.4 is 10.5 Å². The molecule has 18 heavy (non-hydrogen) atoms. The molecule has 0 atom stereocenters. The molecule has 0 bridgehead atoms. The summed E-state index contributed by atoms with van der Waals surface area (Å²) in [6.45, 7) is 0. The Morgan fingerprint density at radius 3 is 2.67 bits per heavy atom. The molecule has 0 aliphatic rings. The van der Waals surface area contributed by atoms with E-state index >= 15 is 0 Å². The number of aromatic hydroxyl groups is 1. The quantitative estimate of drug-likeness (QED) is 0.812. The zero-order valence-corrected chi connectivity index (χ0v) is 10.7. The lowest BCUT2D eigenvalue weighted by Crippen LogP contribution is -2.01. The summed E-state index contributed by atoms with van der Waals surface area (Å²) < 4.78 is 4.97. The summed E-state index contributed by atoms with van der Waals surface area (Å²) in [5.41, 5.74) is 6.25. The first-order valence-corrected chi connectivity index (χ1v) is 6.29. The van der Waals surface area contributed by atoms with Crippen LogP contribution in [-0.4, -0.2) is 33.4 Å². The van der Waals surface area contributed by atoms with Gasteiger partial charge in [0.05, 0.1) is 7.11 Å². The molecule has 1 aromatic carbocycles. The van der Waals surface area contributed by atoms with Crippen LogP contribution in [0.5, 0.6) is 11.5 Å². The molecule has 1 heterocycles. The molecule has 0 unspecified atom stereocenters. The van der Waals surface area contributed by atoms with Crippen LogP contribution in [-0.2, 0) is 0 Å². The first-order valence-electron chi connectivity index (χ1n) is 5.07. The highest BCUT2D eigenvalue weighted by molar-refractivity contribution is 7.98. The fraction of sp³-hybridized carbons (Fsp3) is 0.182. The maximum absolute atomic E-state index is 9.72. The van der Waals surface area contributed by atoms with Gasteiger partial charge in [-0.05, 0) is 24.5 Å². The number of nitrogens with zero attached hydrogens (tertiary/aromatic N) is 3. The molecule has 0 amide bonds. The van der Waals surface area contributed by atoms with Gasteiger partial charge in [-0.1, -0.05) is 11.8 Å². The van der Waals surface area contributed by atoms with E-state index in [2.05, 4.69) is 15.0 Å². The van der Waals surface area contributed by atoms with Crippen molar-refractivity contribution in [2.75, 3.05) is 19.1 Å². The van der Waals surface area contributed by atoms with Crippen molar-refractivity contribution in [3.05, 3.63) is 18.2 Å². The zero-order chi connectivity index (χ0) is 13.1. The molecule has 7 heteroatoms. The molecular formula is C11H12N4O2S. The van der Waals surface area contributed by atoms with Crippen LogP contribution in [0.2, 0.25) is 0 Å². The highest BCUT2D eigenvalue weighted by atomic mass is 32.2. The predicted molar refractivity (Wildman–Crippen MR) is 69.7 cm³/mol. The Bertz CT molecular complexity index is 577. The third kappa shape index (κ3) is 2.45. The first-order chi connectivity index (χ1) is 8.63. The highest BCUT2D eigenvalue weighted by Gasteiger charge is 2.09. The zero-order valence-electron chi connectivity index (χ0n) is 9.91. The number of aromatic nitrogens is 3. The van der Waals surface area contributed by atoms with Crippen molar-refractivity contribution >= 4 is 17.7 Å². The van der Waals surface area contributed by atoms with E-state index in [0.717, 1.165) is 0 Å². The minimum atomic E-state index is 0.0275. The second-order valence-electron chi connectivity index (χ2n) is 3.39. The van der Waals surface area contributed by atoms with Gasteiger partial charge < -0.3 is 15.6 Å². The average Bonchev–Trinajstić information content (AvgIpc) is 2.37. The summed E-state index contributed by atoms with van der Waals surface area (Å²) in [6, 6.07) is 4.92. The molecule has 0 saturated carbocycles. The SMILES string of the molecule is COc1ccc(-c2nc(N)nc(SC)n2)cc1O. The number of nitrogen functional groups attached to an aromatic ring is 1. The Kier molecular flexibility index (Phi) is 3.52. The smallest absolute Gasteiger partial charge is 0.224 e. The molecule has 0 spiro atoms. The van der Waals surface area contributed by atoms with Gasteiger partial charge in [0.2, 0.25) is 5.95 Å². The van der Waals surface area contributed by atoms with Crippen molar-refractivity contribution in [2.24, 2.45) is 0 Å². The van der Waals surface area contributed by atoms with Gasteiger partial charge in [-0.25, -0.2) is 4.98 Å². The minimum Gasteiger partial charge on any atom is -0.504 e. The van der Waals surface area contributed by atoms with Crippen LogP contribution in [0.3, 0.4) is 0 Å². The van der Waals surface area contributed by atoms with Crippen molar-refractivity contribution < 1.29 is 9.84 Å². The van der Waals surface area contributed by atoms with Crippen LogP contribution in [0.15, 0.2) is 23.4 Å². The van der Waals surface area contributed by atoms with Gasteiger partial charge in [0, 0.05) is 5.56 Å². The largest absolute Gasteiger partial charge is 0.504 e. The first kappa shape index (κ1) is 12.4. The van der Waals surface area contributed by atoms with Gasteiger partial charge in [-0.3, -0.25) is 0 Å². The fourth-order valence-electron chi connectivity index (χ4n) is 1.42. The Morgan fingerprint density at radius 1 is 1.28 bits per heavy atom. The Balaban J connectivity index is 2.48. The van der Waals surface area contributed by atoms with Crippen molar-refractivity contribution in [3.8, 4) is 22.9 Å². The van der Waals surface area contributed by atoms with Crippen LogP contribution in [0.1, 0.15) is 0 Å². The number of anilines is 1. The van der Waals surface area contributed by atoms with E-state index in [1.54, 1.807) is 12.1 Å². The number of benzene rings is 1. The van der Waals surface area contributed by atoms with E-state index in [4.69, 9.17) is 10.5 Å². The number of phenolic OH excluding ortho intramolecular Hbond substituents is 1. The topological polar surface area (TPSA) is 94.2 Å². The van der Waals surface area contributed by atoms with Gasteiger partial charge in [0.25, 0.3) is 0 Å². The van der Waals surface area contributed by atoms with E-state index in [-0.39, 0.29) is 11.7 Å². The lowest BCUT2D eigenvalue weighted by molar-refractivity contribution is 0.373. The summed E-state index contributed by atoms with van der Waals surface area (Å²) >= 11 is 1.37. The fourth-order valence-corrected chi connectivity index (χ4v) is 1.78. The summed E-state index contributed by atoms with van der Waals surface area (Å²) in [4.78, 5) is 12.2. The number of hydrogen-bond acceptors (Lipinski definition) is 7. The molecule has 94 valence electrons. The lowest BCUT2D eigenvalue weighted by atomic mass is 10.2. The lowest BCUT2D eigenvalue weighted by Gasteiger charge is -2.06. The standard InChI is InChI=1S/C11H12N4O2S/c1-17-8-4-3-6(5-7(8)16)9-13-10(12)15-11(14-9)18-2/h3-5,16H,1-2H3,(H2,12,13,14,15).